The average Bonchev–Trinajstić information content (AvgIpc) is 2.51. The van der Waals surface area contributed by atoms with E-state index in [0.717, 1.165) is 12.0 Å². The summed E-state index contributed by atoms with van der Waals surface area (Å²) in [6.45, 7) is 3.12. The van der Waals surface area contributed by atoms with Crippen LogP contribution in [0.2, 0.25) is 0 Å². The quantitative estimate of drug-likeness (QED) is 0.506. The highest BCUT2D eigenvalue weighted by molar-refractivity contribution is 5.35. The molecule has 20 heavy (non-hydrogen) atoms. The van der Waals surface area contributed by atoms with Crippen LogP contribution in [0.1, 0.15) is 18.9 Å². The molecule has 4 N–H and O–H groups in total. The fourth-order valence-electron chi connectivity index (χ4n) is 1.44. The molecule has 0 spiro atoms. The Labute approximate surface area is 116 Å². The zero-order valence-electron chi connectivity index (χ0n) is 11.2. The second-order valence-corrected chi connectivity index (χ2v) is 3.97. The van der Waals surface area contributed by atoms with Crippen molar-refractivity contribution in [2.24, 2.45) is 5.84 Å². The molecule has 106 valence electrons. The number of ether oxygens (including phenoxy) is 1. The fourth-order valence-corrected chi connectivity index (χ4v) is 1.44. The van der Waals surface area contributed by atoms with Gasteiger partial charge in [-0.15, -0.1) is 0 Å². The molecule has 0 bridgehead atoms. The zero-order valence-corrected chi connectivity index (χ0v) is 11.2. The van der Waals surface area contributed by atoms with Crippen LogP contribution in [0.25, 0.3) is 0 Å². The standard InChI is InChI=1S/C12H17N7O/c1-2-7-20-12-17-10(16-11(18-12)19-13)15-8-9-3-5-14-6-4-9/h3-6H,2,7-8,13H2,1H3,(H2,15,16,17,18,19). The zero-order chi connectivity index (χ0) is 14.2. The van der Waals surface area contributed by atoms with E-state index < -0.39 is 0 Å². The molecule has 0 saturated carbocycles. The normalized spacial score (nSPS) is 10.1. The lowest BCUT2D eigenvalue weighted by molar-refractivity contribution is 0.292. The molecule has 0 aliphatic heterocycles. The summed E-state index contributed by atoms with van der Waals surface area (Å²) < 4.78 is 5.38. The maximum atomic E-state index is 5.38. The number of anilines is 2. The lowest BCUT2D eigenvalue weighted by atomic mass is 10.3. The number of nitrogen functional groups attached to an aromatic ring is 1. The van der Waals surface area contributed by atoms with Crippen molar-refractivity contribution < 1.29 is 4.74 Å². The number of hydrogen-bond acceptors (Lipinski definition) is 8. The minimum Gasteiger partial charge on any atom is -0.463 e. The highest BCUT2D eigenvalue weighted by Crippen LogP contribution is 2.11. The van der Waals surface area contributed by atoms with Gasteiger partial charge in [0.25, 0.3) is 0 Å². The minimum absolute atomic E-state index is 0.243. The van der Waals surface area contributed by atoms with Gasteiger partial charge in [0.05, 0.1) is 6.61 Å². The Kier molecular flexibility index (Phi) is 5.01. The number of nitrogens with zero attached hydrogens (tertiary/aromatic N) is 4. The van der Waals surface area contributed by atoms with Crippen molar-refractivity contribution in [1.82, 2.24) is 19.9 Å². The van der Waals surface area contributed by atoms with E-state index in [2.05, 4.69) is 30.7 Å². The number of nitrogens with two attached hydrogens (primary N) is 1. The minimum atomic E-state index is 0.243. The first-order valence-corrected chi connectivity index (χ1v) is 6.30. The number of hydrazine groups is 1. The molecular weight excluding hydrogens is 258 g/mol. The number of pyridine rings is 1. The van der Waals surface area contributed by atoms with Gasteiger partial charge in [-0.3, -0.25) is 10.4 Å². The van der Waals surface area contributed by atoms with Crippen molar-refractivity contribution in [2.45, 2.75) is 19.9 Å². The maximum Gasteiger partial charge on any atom is 0.323 e. The molecule has 0 aliphatic carbocycles. The summed E-state index contributed by atoms with van der Waals surface area (Å²) in [4.78, 5) is 16.3. The van der Waals surface area contributed by atoms with Gasteiger partial charge in [0.15, 0.2) is 0 Å². The van der Waals surface area contributed by atoms with Crippen molar-refractivity contribution in [3.05, 3.63) is 30.1 Å². The van der Waals surface area contributed by atoms with E-state index in [4.69, 9.17) is 10.6 Å². The molecule has 0 aliphatic rings. The summed E-state index contributed by atoms with van der Waals surface area (Å²) in [6, 6.07) is 4.06. The molecule has 0 amide bonds. The van der Waals surface area contributed by atoms with Crippen molar-refractivity contribution in [1.29, 1.82) is 0 Å². The second kappa shape index (κ2) is 7.19. The van der Waals surface area contributed by atoms with E-state index in [1.165, 1.54) is 0 Å². The van der Waals surface area contributed by atoms with Crippen LogP contribution in [0, 0.1) is 0 Å². The summed E-state index contributed by atoms with van der Waals surface area (Å²) in [7, 11) is 0. The van der Waals surface area contributed by atoms with Gasteiger partial charge < -0.3 is 10.1 Å². The lowest BCUT2D eigenvalue weighted by Gasteiger charge is -2.08. The van der Waals surface area contributed by atoms with Gasteiger partial charge in [-0.1, -0.05) is 6.92 Å². The van der Waals surface area contributed by atoms with Crippen LogP contribution in [0.15, 0.2) is 24.5 Å². The summed E-state index contributed by atoms with van der Waals surface area (Å²) >= 11 is 0. The molecule has 2 rings (SSSR count). The van der Waals surface area contributed by atoms with Crippen LogP contribution >= 0.6 is 0 Å². The lowest BCUT2D eigenvalue weighted by Crippen LogP contribution is -2.14. The number of rotatable bonds is 7. The number of nitrogens with one attached hydrogen (secondary N) is 2. The van der Waals surface area contributed by atoms with E-state index >= 15 is 0 Å². The van der Waals surface area contributed by atoms with Crippen molar-refractivity contribution >= 4 is 11.9 Å². The maximum absolute atomic E-state index is 5.38. The van der Waals surface area contributed by atoms with E-state index in [0.29, 0.717) is 19.1 Å². The predicted molar refractivity (Wildman–Crippen MR) is 75.0 cm³/mol. The molecule has 0 unspecified atom stereocenters. The average molecular weight is 275 g/mol. The monoisotopic (exact) mass is 275 g/mol. The van der Waals surface area contributed by atoms with Crippen molar-refractivity contribution in [3.63, 3.8) is 0 Å². The molecule has 2 aromatic heterocycles. The SMILES string of the molecule is CCCOc1nc(NN)nc(NCc2ccncc2)n1. The van der Waals surface area contributed by atoms with E-state index in [9.17, 15) is 0 Å². The third kappa shape index (κ3) is 4.02. The largest absolute Gasteiger partial charge is 0.463 e. The summed E-state index contributed by atoms with van der Waals surface area (Å²) in [6.07, 6.45) is 4.33. The molecule has 0 atom stereocenters. The van der Waals surface area contributed by atoms with Crippen molar-refractivity contribution in [2.75, 3.05) is 17.3 Å². The Balaban J connectivity index is 2.06. The Bertz CT molecular complexity index is 535. The van der Waals surface area contributed by atoms with Gasteiger partial charge in [0.2, 0.25) is 11.9 Å². The molecule has 0 saturated heterocycles. The highest BCUT2D eigenvalue weighted by atomic mass is 16.5. The van der Waals surface area contributed by atoms with Crippen LogP contribution in [0.4, 0.5) is 11.9 Å². The Morgan fingerprint density at radius 3 is 2.60 bits per heavy atom. The van der Waals surface area contributed by atoms with Gasteiger partial charge in [0.1, 0.15) is 0 Å². The van der Waals surface area contributed by atoms with Crippen LogP contribution < -0.4 is 21.3 Å². The van der Waals surface area contributed by atoms with Gasteiger partial charge in [0, 0.05) is 18.9 Å². The van der Waals surface area contributed by atoms with Crippen LogP contribution in [-0.4, -0.2) is 26.5 Å². The van der Waals surface area contributed by atoms with Crippen molar-refractivity contribution in [3.8, 4) is 6.01 Å². The third-order valence-electron chi connectivity index (χ3n) is 2.38. The van der Waals surface area contributed by atoms with Gasteiger partial charge in [-0.25, -0.2) is 5.84 Å². The first-order chi connectivity index (χ1) is 9.81. The molecule has 0 fully saturated rings. The van der Waals surface area contributed by atoms with E-state index in [-0.39, 0.29) is 12.0 Å². The summed E-state index contributed by atoms with van der Waals surface area (Å²) in [5.74, 6) is 5.98. The van der Waals surface area contributed by atoms with E-state index in [1.54, 1.807) is 12.4 Å². The first-order valence-electron chi connectivity index (χ1n) is 6.30. The molecule has 2 aromatic rings. The molecule has 2 heterocycles. The molecule has 0 aromatic carbocycles. The van der Waals surface area contributed by atoms with Gasteiger partial charge in [-0.2, -0.15) is 15.0 Å². The molecule has 8 nitrogen and oxygen atoms in total. The smallest absolute Gasteiger partial charge is 0.323 e. The van der Waals surface area contributed by atoms with Crippen LogP contribution in [-0.2, 0) is 6.54 Å². The number of hydrogen-bond donors (Lipinski definition) is 3. The van der Waals surface area contributed by atoms with Crippen LogP contribution in [0.5, 0.6) is 6.01 Å². The van der Waals surface area contributed by atoms with Gasteiger partial charge in [-0.05, 0) is 24.1 Å². The number of aromatic nitrogens is 4. The Hall–Kier alpha value is -2.48. The molecule has 0 radical (unpaired) electrons. The Morgan fingerprint density at radius 2 is 1.90 bits per heavy atom. The van der Waals surface area contributed by atoms with E-state index in [1.807, 2.05) is 19.1 Å². The molecule has 8 heteroatoms. The highest BCUT2D eigenvalue weighted by Gasteiger charge is 2.06. The topological polar surface area (TPSA) is 111 Å². The Morgan fingerprint density at radius 1 is 1.15 bits per heavy atom. The molecular formula is C12H17N7O. The first kappa shape index (κ1) is 13.9. The third-order valence-corrected chi connectivity index (χ3v) is 2.38. The van der Waals surface area contributed by atoms with Crippen LogP contribution in [0.3, 0.4) is 0 Å². The second-order valence-electron chi connectivity index (χ2n) is 3.97. The van der Waals surface area contributed by atoms with Gasteiger partial charge >= 0.3 is 6.01 Å². The summed E-state index contributed by atoms with van der Waals surface area (Å²) in [5.41, 5.74) is 3.46. The summed E-state index contributed by atoms with van der Waals surface area (Å²) in [5, 5.41) is 3.09. The fraction of sp³-hybridized carbons (Fsp3) is 0.333. The predicted octanol–water partition coefficient (Wildman–Crippen LogP) is 0.953.